The number of hydrogen-bond acceptors (Lipinski definition) is 13. The molecule has 0 spiro atoms. The normalized spacial score (nSPS) is 15.8. The molecule has 0 atom stereocenters. The van der Waals surface area contributed by atoms with E-state index in [2.05, 4.69) is 22.3 Å². The lowest BCUT2D eigenvalue weighted by Crippen LogP contribution is -2.49. The maximum absolute atomic E-state index is 12.7. The van der Waals surface area contributed by atoms with Crippen LogP contribution in [0.1, 0.15) is 25.7 Å². The van der Waals surface area contributed by atoms with Crippen molar-refractivity contribution in [2.24, 2.45) is 4.99 Å². The second kappa shape index (κ2) is 28.1. The molecule has 0 radical (unpaired) electrons. The molecule has 0 aromatic heterocycles. The maximum atomic E-state index is 12.7. The number of nitrogens with one attached hydrogen (secondary N) is 2. The molecule has 19 nitrogen and oxygen atoms in total. The van der Waals surface area contributed by atoms with Crippen molar-refractivity contribution >= 4 is 42.3 Å². The summed E-state index contributed by atoms with van der Waals surface area (Å²) < 4.78 is 16.5. The van der Waals surface area contributed by atoms with Crippen LogP contribution in [0.2, 0.25) is 0 Å². The SMILES string of the molecule is C=NC(=O)CCC(=O)NCCCOCCOCCOCCCNC(=O)CN1CCN(CC(=O)O)CCN(CC(=O)O)CCN(CC(=O)O)CC1. The van der Waals surface area contributed by atoms with Crippen molar-refractivity contribution < 1.29 is 58.3 Å². The van der Waals surface area contributed by atoms with Gasteiger partial charge in [-0.25, -0.2) is 4.99 Å². The molecule has 0 unspecified atom stereocenters. The van der Waals surface area contributed by atoms with Gasteiger partial charge in [-0.15, -0.1) is 0 Å². The Kier molecular flexibility index (Phi) is 25.0. The standard InChI is InChI=1S/C31H55N7O12/c1-32-26(39)4-5-27(40)33-6-2-16-48-18-20-50-21-19-49-17-3-7-34-28(41)22-35-8-10-36(23-29(42)43)12-14-38(25-31(46)47)15-13-37(11-9-35)24-30(44)45/h1-25H2,(H,33,40)(H,34,41)(H,42,43)(H,44,45)(H,46,47). The van der Waals surface area contributed by atoms with Crippen LogP contribution >= 0.6 is 0 Å². The van der Waals surface area contributed by atoms with Gasteiger partial charge in [0.2, 0.25) is 17.7 Å². The number of hydrogen-bond donors (Lipinski definition) is 5. The van der Waals surface area contributed by atoms with Crippen molar-refractivity contribution in [2.75, 3.05) is 131 Å². The van der Waals surface area contributed by atoms with Gasteiger partial charge in [-0.2, -0.15) is 0 Å². The monoisotopic (exact) mass is 717 g/mol. The second-order valence-corrected chi connectivity index (χ2v) is 11.6. The van der Waals surface area contributed by atoms with Crippen molar-refractivity contribution in [2.45, 2.75) is 25.7 Å². The number of nitrogens with zero attached hydrogens (tertiary/aromatic N) is 5. The van der Waals surface area contributed by atoms with Gasteiger partial charge in [0.05, 0.1) is 52.6 Å². The Labute approximate surface area is 292 Å². The summed E-state index contributed by atoms with van der Waals surface area (Å²) in [5.74, 6) is -3.89. The highest BCUT2D eigenvalue weighted by Crippen LogP contribution is 2.02. The summed E-state index contributed by atoms with van der Waals surface area (Å²) in [6, 6.07) is 0. The number of carboxylic acid groups (broad SMARTS) is 3. The van der Waals surface area contributed by atoms with Crippen LogP contribution in [0.25, 0.3) is 0 Å². The van der Waals surface area contributed by atoms with Gasteiger partial charge in [0, 0.05) is 91.5 Å². The molecule has 50 heavy (non-hydrogen) atoms. The van der Waals surface area contributed by atoms with Gasteiger partial charge in [-0.3, -0.25) is 48.4 Å². The summed E-state index contributed by atoms with van der Waals surface area (Å²) in [6.45, 7) is 8.36. The van der Waals surface area contributed by atoms with Gasteiger partial charge in [0.25, 0.3) is 0 Å². The number of aliphatic imine (C=N–C) groups is 1. The lowest BCUT2D eigenvalue weighted by molar-refractivity contribution is -0.140. The Balaban J connectivity index is 2.28. The maximum Gasteiger partial charge on any atom is 0.317 e. The van der Waals surface area contributed by atoms with Gasteiger partial charge >= 0.3 is 17.9 Å². The lowest BCUT2D eigenvalue weighted by atomic mass is 10.3. The third kappa shape index (κ3) is 25.4. The van der Waals surface area contributed by atoms with E-state index in [9.17, 15) is 44.1 Å². The first-order chi connectivity index (χ1) is 24.0. The predicted octanol–water partition coefficient (Wildman–Crippen LogP) is -2.47. The van der Waals surface area contributed by atoms with E-state index in [1.807, 2.05) is 4.90 Å². The quantitative estimate of drug-likeness (QED) is 0.0486. The van der Waals surface area contributed by atoms with Crippen molar-refractivity contribution in [3.05, 3.63) is 0 Å². The zero-order valence-electron chi connectivity index (χ0n) is 28.9. The van der Waals surface area contributed by atoms with E-state index < -0.39 is 23.8 Å². The van der Waals surface area contributed by atoms with Crippen molar-refractivity contribution in [1.82, 2.24) is 30.2 Å². The van der Waals surface area contributed by atoms with E-state index in [0.29, 0.717) is 118 Å². The van der Waals surface area contributed by atoms with E-state index in [1.165, 1.54) is 0 Å². The highest BCUT2D eigenvalue weighted by molar-refractivity contribution is 5.85. The molecule has 1 fully saturated rings. The van der Waals surface area contributed by atoms with Gasteiger partial charge in [-0.05, 0) is 19.6 Å². The molecular weight excluding hydrogens is 662 g/mol. The van der Waals surface area contributed by atoms with Crippen molar-refractivity contribution in [1.29, 1.82) is 0 Å². The molecule has 1 saturated heterocycles. The van der Waals surface area contributed by atoms with Crippen LogP contribution in [0.15, 0.2) is 4.99 Å². The van der Waals surface area contributed by atoms with Crippen molar-refractivity contribution in [3.8, 4) is 0 Å². The molecule has 3 amide bonds. The highest BCUT2D eigenvalue weighted by atomic mass is 16.5. The minimum absolute atomic E-state index is 0.0440. The lowest BCUT2D eigenvalue weighted by Gasteiger charge is -2.32. The summed E-state index contributed by atoms with van der Waals surface area (Å²) in [5.41, 5.74) is 0. The van der Waals surface area contributed by atoms with E-state index in [1.54, 1.807) is 14.7 Å². The minimum Gasteiger partial charge on any atom is -0.480 e. The smallest absolute Gasteiger partial charge is 0.317 e. The Bertz CT molecular complexity index is 1020. The third-order valence-corrected chi connectivity index (χ3v) is 7.44. The molecule has 5 N–H and O–H groups in total. The average Bonchev–Trinajstić information content (AvgIpc) is 3.05. The Morgan fingerprint density at radius 3 is 1.22 bits per heavy atom. The van der Waals surface area contributed by atoms with Gasteiger partial charge < -0.3 is 40.2 Å². The summed E-state index contributed by atoms with van der Waals surface area (Å²) in [7, 11) is 0. The fraction of sp³-hybridized carbons (Fsp3) is 0.774. The highest BCUT2D eigenvalue weighted by Gasteiger charge is 2.21. The number of carbonyl (C=O) groups is 6. The van der Waals surface area contributed by atoms with Crippen molar-refractivity contribution in [3.63, 3.8) is 0 Å². The van der Waals surface area contributed by atoms with Crippen LogP contribution in [0.3, 0.4) is 0 Å². The van der Waals surface area contributed by atoms with E-state index in [0.717, 1.165) is 0 Å². The van der Waals surface area contributed by atoms with Crippen LogP contribution < -0.4 is 10.6 Å². The summed E-state index contributed by atoms with van der Waals surface area (Å²) >= 11 is 0. The molecule has 286 valence electrons. The molecule has 0 bridgehead atoms. The summed E-state index contributed by atoms with van der Waals surface area (Å²) in [4.78, 5) is 79.7. The topological polar surface area (TPSA) is 240 Å². The summed E-state index contributed by atoms with van der Waals surface area (Å²) in [5, 5.41) is 33.6. The van der Waals surface area contributed by atoms with Gasteiger partial charge in [0.15, 0.2) is 0 Å². The number of carbonyl (C=O) groups excluding carboxylic acids is 3. The molecule has 0 aromatic rings. The van der Waals surface area contributed by atoms with Gasteiger partial charge in [0.1, 0.15) is 0 Å². The van der Waals surface area contributed by atoms with E-state index in [4.69, 9.17) is 14.2 Å². The van der Waals surface area contributed by atoms with Crippen LogP contribution in [0.4, 0.5) is 0 Å². The Morgan fingerprint density at radius 2 is 0.860 bits per heavy atom. The zero-order valence-corrected chi connectivity index (χ0v) is 28.9. The number of ether oxygens (including phenoxy) is 3. The second-order valence-electron chi connectivity index (χ2n) is 11.6. The largest absolute Gasteiger partial charge is 0.480 e. The zero-order chi connectivity index (χ0) is 37.0. The van der Waals surface area contributed by atoms with Crippen LogP contribution in [0.5, 0.6) is 0 Å². The first-order valence-corrected chi connectivity index (χ1v) is 16.8. The number of carboxylic acids is 3. The minimum atomic E-state index is -1.02. The molecule has 1 aliphatic rings. The number of aliphatic carboxylic acids is 3. The summed E-state index contributed by atoms with van der Waals surface area (Å²) in [6.07, 6.45) is 1.34. The number of amides is 3. The fourth-order valence-electron chi connectivity index (χ4n) is 4.78. The molecule has 1 aliphatic heterocycles. The molecule has 0 saturated carbocycles. The predicted molar refractivity (Wildman–Crippen MR) is 180 cm³/mol. The third-order valence-electron chi connectivity index (χ3n) is 7.44. The first-order valence-electron chi connectivity index (χ1n) is 16.8. The van der Waals surface area contributed by atoms with Crippen LogP contribution in [0, 0.1) is 0 Å². The fourth-order valence-corrected chi connectivity index (χ4v) is 4.78. The molecule has 1 rings (SSSR count). The van der Waals surface area contributed by atoms with E-state index >= 15 is 0 Å². The van der Waals surface area contributed by atoms with Crippen LogP contribution in [-0.2, 0) is 43.0 Å². The molecule has 1 heterocycles. The average molecular weight is 718 g/mol. The Hall–Kier alpha value is -3.59. The molecular formula is C31H55N7O12. The molecule has 0 aliphatic carbocycles. The molecule has 19 heteroatoms. The van der Waals surface area contributed by atoms with E-state index in [-0.39, 0.29) is 50.8 Å². The molecule has 0 aromatic carbocycles. The van der Waals surface area contributed by atoms with Gasteiger partial charge in [-0.1, -0.05) is 0 Å². The Morgan fingerprint density at radius 1 is 0.520 bits per heavy atom. The van der Waals surface area contributed by atoms with Crippen LogP contribution in [-0.4, -0.2) is 209 Å². The number of rotatable bonds is 25. The first kappa shape index (κ1) is 44.4.